The number of hydrogen-bond donors (Lipinski definition) is 2. The zero-order valence-corrected chi connectivity index (χ0v) is 22.3. The van der Waals surface area contributed by atoms with Gasteiger partial charge in [0, 0.05) is 57.0 Å². The molecule has 2 aromatic heterocycles. The van der Waals surface area contributed by atoms with Crippen molar-refractivity contribution in [2.75, 3.05) is 38.7 Å². The van der Waals surface area contributed by atoms with E-state index < -0.39 is 0 Å². The van der Waals surface area contributed by atoms with Gasteiger partial charge in [0.15, 0.2) is 0 Å². The van der Waals surface area contributed by atoms with Gasteiger partial charge in [0.05, 0.1) is 36.2 Å². The number of aromatic nitrogens is 4. The van der Waals surface area contributed by atoms with Crippen LogP contribution in [0.25, 0.3) is 16.9 Å². The molecule has 1 aliphatic rings. The molecule has 0 bridgehead atoms. The number of rotatable bonds is 8. The van der Waals surface area contributed by atoms with E-state index in [0.717, 1.165) is 41.2 Å². The number of anilines is 1. The molecule has 0 spiro atoms. The normalized spacial score (nSPS) is 17.2. The lowest BCUT2D eigenvalue weighted by Crippen LogP contribution is -2.42. The number of nitriles is 1. The Morgan fingerprint density at radius 1 is 1.15 bits per heavy atom. The molecule has 5 rings (SSSR count). The summed E-state index contributed by atoms with van der Waals surface area (Å²) in [5, 5.41) is 24.6. The van der Waals surface area contributed by atoms with Crippen molar-refractivity contribution < 1.29 is 9.53 Å². The molecule has 10 nitrogen and oxygen atoms in total. The maximum Gasteiger partial charge on any atom is 0.320 e. The van der Waals surface area contributed by atoms with Gasteiger partial charge in [-0.1, -0.05) is 30.3 Å². The number of nitrogens with zero attached hydrogens (tertiary/aromatic N) is 6. The van der Waals surface area contributed by atoms with Crippen molar-refractivity contribution in [3.8, 4) is 23.0 Å². The number of carbonyl (C=O) groups excluding carboxylic acids is 1. The summed E-state index contributed by atoms with van der Waals surface area (Å²) in [4.78, 5) is 15.8. The number of amides is 2. The second kappa shape index (κ2) is 11.5. The minimum atomic E-state index is -0.301. The zero-order valence-electron chi connectivity index (χ0n) is 22.3. The number of urea groups is 1. The van der Waals surface area contributed by atoms with Crippen molar-refractivity contribution in [2.24, 2.45) is 7.05 Å². The van der Waals surface area contributed by atoms with Crippen LogP contribution in [0.1, 0.15) is 22.6 Å². The Hall–Kier alpha value is -4.46. The first kappa shape index (κ1) is 26.2. The fraction of sp³-hybridized carbons (Fsp3) is 0.310. The Balaban J connectivity index is 1.41. The molecule has 4 aromatic rings. The van der Waals surface area contributed by atoms with E-state index in [1.807, 2.05) is 74.8 Å². The van der Waals surface area contributed by atoms with Crippen LogP contribution in [0.5, 0.6) is 0 Å². The number of ether oxygens (including phenoxy) is 1. The van der Waals surface area contributed by atoms with Crippen LogP contribution in [0.15, 0.2) is 67.0 Å². The Morgan fingerprint density at radius 2 is 1.92 bits per heavy atom. The maximum absolute atomic E-state index is 13.5. The van der Waals surface area contributed by atoms with Gasteiger partial charge in [0.2, 0.25) is 0 Å². The van der Waals surface area contributed by atoms with Crippen molar-refractivity contribution in [1.82, 2.24) is 29.8 Å². The monoisotopic (exact) mass is 524 g/mol. The molecular formula is C29H32N8O2. The van der Waals surface area contributed by atoms with Gasteiger partial charge in [-0.2, -0.15) is 15.5 Å². The summed E-state index contributed by atoms with van der Waals surface area (Å²) in [6.07, 6.45) is 3.67. The van der Waals surface area contributed by atoms with Crippen LogP contribution in [-0.2, 0) is 11.8 Å². The van der Waals surface area contributed by atoms with E-state index >= 15 is 0 Å². The van der Waals surface area contributed by atoms with E-state index in [1.165, 1.54) is 0 Å². The van der Waals surface area contributed by atoms with Gasteiger partial charge in [0.1, 0.15) is 11.5 Å². The zero-order chi connectivity index (χ0) is 27.4. The SMILES string of the molecule is COCCN1CC(NC(=O)Nc2c(C)c(-c3cnn(C)c3)nn2-c2ccccc2)C(c2ccc(C#N)cc2)C1. The molecule has 0 radical (unpaired) electrons. The minimum absolute atomic E-state index is 0.0754. The standard InChI is InChI=1S/C29H32N8O2/c1-20-27(23-16-31-35(2)17-23)34-37(24-7-5-4-6-8-24)28(20)33-29(38)32-26-19-36(13-14-39-3)18-25(26)22-11-9-21(15-30)10-12-22/h4-12,16-17,25-26H,13-14,18-19H2,1-3H3,(H2,32,33,38). The number of para-hydroxylation sites is 1. The molecule has 2 atom stereocenters. The summed E-state index contributed by atoms with van der Waals surface area (Å²) >= 11 is 0. The largest absolute Gasteiger partial charge is 0.383 e. The second-order valence-corrected chi connectivity index (χ2v) is 9.77. The van der Waals surface area contributed by atoms with Crippen LogP contribution in [0.4, 0.5) is 10.6 Å². The number of hydrogen-bond acceptors (Lipinski definition) is 6. The third-order valence-electron chi connectivity index (χ3n) is 7.12. The molecule has 2 aromatic carbocycles. The van der Waals surface area contributed by atoms with Gasteiger partial charge in [-0.3, -0.25) is 14.9 Å². The highest BCUT2D eigenvalue weighted by atomic mass is 16.5. The number of likely N-dealkylation sites (tertiary alicyclic amines) is 1. The van der Waals surface area contributed by atoms with Gasteiger partial charge in [0.25, 0.3) is 0 Å². The van der Waals surface area contributed by atoms with Gasteiger partial charge < -0.3 is 10.1 Å². The lowest BCUT2D eigenvalue weighted by molar-refractivity contribution is 0.159. The highest BCUT2D eigenvalue weighted by Gasteiger charge is 2.35. The van der Waals surface area contributed by atoms with Gasteiger partial charge in [-0.05, 0) is 36.8 Å². The number of methoxy groups -OCH3 is 1. The maximum atomic E-state index is 13.5. The summed E-state index contributed by atoms with van der Waals surface area (Å²) < 4.78 is 8.78. The van der Waals surface area contributed by atoms with Crippen LogP contribution in [-0.4, -0.2) is 69.9 Å². The number of nitrogens with one attached hydrogen (secondary N) is 2. The average Bonchev–Trinajstić information content (AvgIpc) is 3.65. The summed E-state index contributed by atoms with van der Waals surface area (Å²) in [5.41, 5.74) is 5.02. The summed E-state index contributed by atoms with van der Waals surface area (Å²) in [6.45, 7) is 4.82. The van der Waals surface area contributed by atoms with Crippen molar-refractivity contribution in [1.29, 1.82) is 5.26 Å². The fourth-order valence-corrected chi connectivity index (χ4v) is 5.11. The number of carbonyl (C=O) groups is 1. The molecule has 0 saturated carbocycles. The Labute approximate surface area is 227 Å². The first-order valence-electron chi connectivity index (χ1n) is 12.9. The summed E-state index contributed by atoms with van der Waals surface area (Å²) in [6, 6.07) is 19.1. The highest BCUT2D eigenvalue weighted by Crippen LogP contribution is 2.31. The fourth-order valence-electron chi connectivity index (χ4n) is 5.11. The van der Waals surface area contributed by atoms with Gasteiger partial charge >= 0.3 is 6.03 Å². The molecule has 3 heterocycles. The van der Waals surface area contributed by atoms with E-state index in [4.69, 9.17) is 9.84 Å². The van der Waals surface area contributed by atoms with Crippen molar-refractivity contribution in [3.63, 3.8) is 0 Å². The van der Waals surface area contributed by atoms with E-state index in [2.05, 4.69) is 26.7 Å². The summed E-state index contributed by atoms with van der Waals surface area (Å²) in [5.74, 6) is 0.674. The van der Waals surface area contributed by atoms with E-state index in [9.17, 15) is 10.1 Å². The quantitative estimate of drug-likeness (QED) is 0.364. The van der Waals surface area contributed by atoms with E-state index in [1.54, 1.807) is 22.7 Å². The molecule has 2 amide bonds. The smallest absolute Gasteiger partial charge is 0.320 e. The Bertz CT molecular complexity index is 1470. The van der Waals surface area contributed by atoms with Crippen LogP contribution in [0, 0.1) is 18.3 Å². The van der Waals surface area contributed by atoms with Crippen LogP contribution in [0.3, 0.4) is 0 Å². The topological polar surface area (TPSA) is 113 Å². The number of benzene rings is 2. The second-order valence-electron chi connectivity index (χ2n) is 9.77. The van der Waals surface area contributed by atoms with Crippen LogP contribution >= 0.6 is 0 Å². The predicted molar refractivity (Wildman–Crippen MR) is 149 cm³/mol. The predicted octanol–water partition coefficient (Wildman–Crippen LogP) is 3.69. The van der Waals surface area contributed by atoms with Crippen molar-refractivity contribution in [2.45, 2.75) is 18.9 Å². The third-order valence-corrected chi connectivity index (χ3v) is 7.12. The Morgan fingerprint density at radius 3 is 2.59 bits per heavy atom. The van der Waals surface area contributed by atoms with E-state index in [0.29, 0.717) is 24.5 Å². The molecule has 2 N–H and O–H groups in total. The van der Waals surface area contributed by atoms with E-state index in [-0.39, 0.29) is 18.0 Å². The minimum Gasteiger partial charge on any atom is -0.383 e. The van der Waals surface area contributed by atoms with Crippen molar-refractivity contribution >= 4 is 11.8 Å². The Kier molecular flexibility index (Phi) is 7.72. The molecule has 2 unspecified atom stereocenters. The molecular weight excluding hydrogens is 492 g/mol. The molecule has 1 fully saturated rings. The third kappa shape index (κ3) is 5.70. The lowest BCUT2D eigenvalue weighted by Gasteiger charge is -2.21. The van der Waals surface area contributed by atoms with Crippen molar-refractivity contribution in [3.05, 3.63) is 83.7 Å². The molecule has 1 saturated heterocycles. The highest BCUT2D eigenvalue weighted by molar-refractivity contribution is 5.91. The van der Waals surface area contributed by atoms with Gasteiger partial charge in [-0.15, -0.1) is 0 Å². The first-order chi connectivity index (χ1) is 19.0. The van der Waals surface area contributed by atoms with Crippen LogP contribution in [0.2, 0.25) is 0 Å². The molecule has 200 valence electrons. The van der Waals surface area contributed by atoms with Crippen LogP contribution < -0.4 is 10.6 Å². The summed E-state index contributed by atoms with van der Waals surface area (Å²) in [7, 11) is 3.55. The average molecular weight is 525 g/mol. The van der Waals surface area contributed by atoms with Gasteiger partial charge in [-0.25, -0.2) is 9.48 Å². The molecule has 0 aliphatic carbocycles. The first-order valence-corrected chi connectivity index (χ1v) is 12.9. The molecule has 1 aliphatic heterocycles. The lowest BCUT2D eigenvalue weighted by atomic mass is 9.93. The number of aryl methyl sites for hydroxylation is 1. The molecule has 10 heteroatoms. The molecule has 39 heavy (non-hydrogen) atoms.